The third-order valence-electron chi connectivity index (χ3n) is 4.03. The molecule has 0 atom stereocenters. The van der Waals surface area contributed by atoms with Gasteiger partial charge in [-0.1, -0.05) is 23.7 Å². The number of benzene rings is 2. The van der Waals surface area contributed by atoms with Crippen molar-refractivity contribution in [3.8, 4) is 5.75 Å². The fourth-order valence-electron chi connectivity index (χ4n) is 2.79. The highest BCUT2D eigenvalue weighted by atomic mass is 35.5. The maximum atomic E-state index is 12.6. The van der Waals surface area contributed by atoms with E-state index in [0.29, 0.717) is 33.0 Å². The number of methoxy groups -OCH3 is 1. The van der Waals surface area contributed by atoms with E-state index < -0.39 is 5.91 Å². The predicted octanol–water partition coefficient (Wildman–Crippen LogP) is 3.09. The molecule has 0 fully saturated rings. The Morgan fingerprint density at radius 3 is 2.85 bits per heavy atom. The first-order valence-corrected chi connectivity index (χ1v) is 8.10. The number of fused-ring (bicyclic) bond motifs is 3. The number of ether oxygens (including phenoxy) is 1. The number of aromatic nitrogens is 3. The van der Waals surface area contributed by atoms with E-state index in [0.717, 1.165) is 0 Å². The highest BCUT2D eigenvalue weighted by Crippen LogP contribution is 2.27. The van der Waals surface area contributed by atoms with Crippen LogP contribution in [0.15, 0.2) is 53.5 Å². The van der Waals surface area contributed by atoms with Crippen molar-refractivity contribution in [3.05, 3.63) is 69.6 Å². The number of aromatic amines is 1. The zero-order chi connectivity index (χ0) is 18.3. The van der Waals surface area contributed by atoms with Crippen LogP contribution in [0.5, 0.6) is 5.75 Å². The van der Waals surface area contributed by atoms with Crippen molar-refractivity contribution in [3.63, 3.8) is 0 Å². The van der Waals surface area contributed by atoms with Gasteiger partial charge in [0.2, 0.25) is 0 Å². The smallest absolute Gasteiger partial charge is 0.261 e. The monoisotopic (exact) mass is 368 g/mol. The summed E-state index contributed by atoms with van der Waals surface area (Å²) in [4.78, 5) is 27.6. The van der Waals surface area contributed by atoms with Crippen LogP contribution in [0.2, 0.25) is 5.02 Å². The topological polar surface area (TPSA) is 88.5 Å². The van der Waals surface area contributed by atoms with Gasteiger partial charge in [0.15, 0.2) is 0 Å². The molecule has 2 heterocycles. The summed E-state index contributed by atoms with van der Waals surface area (Å²) in [6, 6.07) is 12.0. The molecule has 8 heteroatoms. The number of H-pyrrole nitrogens is 1. The van der Waals surface area contributed by atoms with Gasteiger partial charge < -0.3 is 15.0 Å². The fraction of sp³-hybridized carbons (Fsp3) is 0.0556. The third kappa shape index (κ3) is 2.58. The molecule has 1 amide bonds. The number of carbonyl (C=O) groups is 1. The Bertz CT molecular complexity index is 1210. The van der Waals surface area contributed by atoms with Crippen molar-refractivity contribution >= 4 is 39.7 Å². The van der Waals surface area contributed by atoms with Gasteiger partial charge in [0.25, 0.3) is 11.5 Å². The van der Waals surface area contributed by atoms with Crippen molar-refractivity contribution < 1.29 is 9.53 Å². The molecular formula is C18H13ClN4O3. The molecule has 2 aromatic heterocycles. The van der Waals surface area contributed by atoms with Crippen molar-refractivity contribution in [2.75, 3.05) is 12.4 Å². The minimum absolute atomic E-state index is 0.250. The molecular weight excluding hydrogens is 356 g/mol. The molecule has 0 aliphatic rings. The Hall–Kier alpha value is -3.32. The summed E-state index contributed by atoms with van der Waals surface area (Å²) < 4.78 is 6.63. The number of rotatable bonds is 3. The number of anilines is 1. The summed E-state index contributed by atoms with van der Waals surface area (Å²) >= 11 is 6.08. The summed E-state index contributed by atoms with van der Waals surface area (Å²) in [6.07, 6.45) is 1.41. The van der Waals surface area contributed by atoms with Gasteiger partial charge in [-0.3, -0.25) is 9.59 Å². The Morgan fingerprint density at radius 2 is 2.08 bits per heavy atom. The number of amides is 1. The Kier molecular flexibility index (Phi) is 3.85. The second-order valence-corrected chi connectivity index (χ2v) is 6.00. The average Bonchev–Trinajstić information content (AvgIpc) is 3.06. The van der Waals surface area contributed by atoms with Crippen LogP contribution in [0.1, 0.15) is 10.4 Å². The average molecular weight is 369 g/mol. The minimum atomic E-state index is -0.410. The van der Waals surface area contributed by atoms with E-state index in [9.17, 15) is 9.59 Å². The summed E-state index contributed by atoms with van der Waals surface area (Å²) in [5, 5.41) is 7.85. The van der Waals surface area contributed by atoms with E-state index >= 15 is 0 Å². The van der Waals surface area contributed by atoms with Crippen LogP contribution in [0.4, 0.5) is 5.69 Å². The minimum Gasteiger partial charge on any atom is -0.495 e. The second kappa shape index (κ2) is 6.20. The van der Waals surface area contributed by atoms with Crippen LogP contribution < -0.4 is 15.6 Å². The number of hydrogen-bond donors (Lipinski definition) is 2. The largest absolute Gasteiger partial charge is 0.495 e. The Morgan fingerprint density at radius 1 is 1.27 bits per heavy atom. The molecule has 0 aliphatic carbocycles. The number of nitrogens with zero attached hydrogens (tertiary/aromatic N) is 2. The van der Waals surface area contributed by atoms with Gasteiger partial charge in [-0.2, -0.15) is 5.10 Å². The molecule has 0 unspecified atom stereocenters. The molecule has 0 spiro atoms. The number of hydrogen-bond acceptors (Lipinski definition) is 4. The molecule has 2 N–H and O–H groups in total. The van der Waals surface area contributed by atoms with Crippen LogP contribution in [0, 0.1) is 0 Å². The Labute approximate surface area is 152 Å². The molecule has 7 nitrogen and oxygen atoms in total. The lowest BCUT2D eigenvalue weighted by Gasteiger charge is -2.07. The summed E-state index contributed by atoms with van der Waals surface area (Å²) in [7, 11) is 1.51. The summed E-state index contributed by atoms with van der Waals surface area (Å²) in [6.45, 7) is 0. The van der Waals surface area contributed by atoms with Gasteiger partial charge in [0.1, 0.15) is 17.0 Å². The standard InChI is InChI=1S/C18H13ClN4O3/c1-26-15-7-6-10(8-13(15)19)21-18(25)12-9-20-23-14-5-3-2-4-11(14)17(24)22-16(12)23/h2-9H,1H3,(H,21,25)(H,22,24). The molecule has 0 saturated heterocycles. The fourth-order valence-corrected chi connectivity index (χ4v) is 3.04. The lowest BCUT2D eigenvalue weighted by atomic mass is 10.2. The predicted molar refractivity (Wildman–Crippen MR) is 99.3 cm³/mol. The van der Waals surface area contributed by atoms with Crippen molar-refractivity contribution in [1.82, 2.24) is 14.6 Å². The van der Waals surface area contributed by atoms with Crippen molar-refractivity contribution in [2.45, 2.75) is 0 Å². The zero-order valence-corrected chi connectivity index (χ0v) is 14.4. The van der Waals surface area contributed by atoms with Gasteiger partial charge in [0.05, 0.1) is 29.2 Å². The lowest BCUT2D eigenvalue weighted by molar-refractivity contribution is 0.102. The Balaban J connectivity index is 1.76. The van der Waals surface area contributed by atoms with Gasteiger partial charge >= 0.3 is 0 Å². The highest BCUT2D eigenvalue weighted by Gasteiger charge is 2.16. The SMILES string of the molecule is COc1ccc(NC(=O)c2cnn3c2[nH]c(=O)c2ccccc23)cc1Cl. The van der Waals surface area contributed by atoms with Crippen LogP contribution >= 0.6 is 11.6 Å². The third-order valence-corrected chi connectivity index (χ3v) is 4.33. The first-order chi connectivity index (χ1) is 12.6. The molecule has 0 bridgehead atoms. The van der Waals surface area contributed by atoms with E-state index in [-0.39, 0.29) is 11.1 Å². The molecule has 0 radical (unpaired) electrons. The molecule has 2 aromatic carbocycles. The van der Waals surface area contributed by atoms with Crippen molar-refractivity contribution in [2.24, 2.45) is 0 Å². The van der Waals surface area contributed by atoms with Crippen LogP contribution in [0.25, 0.3) is 16.6 Å². The van der Waals surface area contributed by atoms with Gasteiger partial charge in [-0.05, 0) is 30.3 Å². The van der Waals surface area contributed by atoms with Gasteiger partial charge in [-0.25, -0.2) is 4.52 Å². The summed E-state index contributed by atoms with van der Waals surface area (Å²) in [5.41, 5.74) is 1.42. The van der Waals surface area contributed by atoms with E-state index in [1.165, 1.54) is 17.8 Å². The molecule has 0 saturated carbocycles. The van der Waals surface area contributed by atoms with Gasteiger partial charge in [0, 0.05) is 5.69 Å². The zero-order valence-electron chi connectivity index (χ0n) is 13.6. The number of carbonyl (C=O) groups excluding carboxylic acids is 1. The number of nitrogens with one attached hydrogen (secondary N) is 2. The van der Waals surface area contributed by atoms with E-state index in [1.807, 2.05) is 6.07 Å². The first kappa shape index (κ1) is 16.2. The molecule has 4 rings (SSSR count). The molecule has 26 heavy (non-hydrogen) atoms. The summed E-state index contributed by atoms with van der Waals surface area (Å²) in [5.74, 6) is 0.101. The van der Waals surface area contributed by atoms with Crippen LogP contribution in [-0.2, 0) is 0 Å². The highest BCUT2D eigenvalue weighted by molar-refractivity contribution is 6.32. The van der Waals surface area contributed by atoms with Crippen molar-refractivity contribution in [1.29, 1.82) is 0 Å². The maximum Gasteiger partial charge on any atom is 0.261 e. The van der Waals surface area contributed by atoms with Crippen LogP contribution in [0.3, 0.4) is 0 Å². The van der Waals surface area contributed by atoms with E-state index in [2.05, 4.69) is 15.4 Å². The molecule has 4 aromatic rings. The molecule has 0 aliphatic heterocycles. The molecule has 130 valence electrons. The number of para-hydroxylation sites is 1. The lowest BCUT2D eigenvalue weighted by Crippen LogP contribution is -2.15. The maximum absolute atomic E-state index is 12.6. The number of halogens is 1. The van der Waals surface area contributed by atoms with Crippen LogP contribution in [-0.4, -0.2) is 27.6 Å². The van der Waals surface area contributed by atoms with Gasteiger partial charge in [-0.15, -0.1) is 0 Å². The normalized spacial score (nSPS) is 11.0. The van der Waals surface area contributed by atoms with E-state index in [1.54, 1.807) is 36.4 Å². The first-order valence-electron chi connectivity index (χ1n) is 7.72. The second-order valence-electron chi connectivity index (χ2n) is 5.59. The van der Waals surface area contributed by atoms with E-state index in [4.69, 9.17) is 16.3 Å². The quantitative estimate of drug-likeness (QED) is 0.581.